The molecule has 0 aliphatic carbocycles. The fourth-order valence-corrected chi connectivity index (χ4v) is 5.49. The standard InChI is InChI=1S/C23H23Cl2FN2O3/c1-22(2,3)10-16-23(13-8-7-11(24)9-15(13)27-21(23)31)17(19(28-16)20(29)30)12-5-4-6-14(25)18(12)26/h4-9,16-17,19,28H,10H2,1-3H3,(H,27,31)(H,29,30)/t16-,17+,19+,23?/m1/s1. The Morgan fingerprint density at radius 3 is 2.58 bits per heavy atom. The van der Waals surface area contributed by atoms with Gasteiger partial charge >= 0.3 is 5.97 Å². The summed E-state index contributed by atoms with van der Waals surface area (Å²) in [6.45, 7) is 6.04. The Labute approximate surface area is 189 Å². The van der Waals surface area contributed by atoms with Crippen LogP contribution in [0.4, 0.5) is 10.1 Å². The molecule has 4 rings (SSSR count). The van der Waals surface area contributed by atoms with Crippen LogP contribution in [0, 0.1) is 11.2 Å². The van der Waals surface area contributed by atoms with Gasteiger partial charge in [-0.15, -0.1) is 0 Å². The molecule has 164 valence electrons. The van der Waals surface area contributed by atoms with E-state index < -0.39 is 35.2 Å². The molecule has 1 saturated heterocycles. The first-order chi connectivity index (χ1) is 14.5. The quantitative estimate of drug-likeness (QED) is 0.599. The highest BCUT2D eigenvalue weighted by molar-refractivity contribution is 6.31. The first kappa shape index (κ1) is 22.1. The van der Waals surface area contributed by atoms with Crippen LogP contribution < -0.4 is 10.6 Å². The molecule has 1 spiro atoms. The van der Waals surface area contributed by atoms with Crippen LogP contribution in [-0.4, -0.2) is 29.1 Å². The Morgan fingerprint density at radius 1 is 1.23 bits per heavy atom. The lowest BCUT2D eigenvalue weighted by Gasteiger charge is -2.37. The van der Waals surface area contributed by atoms with E-state index >= 15 is 4.39 Å². The summed E-state index contributed by atoms with van der Waals surface area (Å²) < 4.78 is 15.3. The monoisotopic (exact) mass is 464 g/mol. The molecule has 2 aromatic carbocycles. The van der Waals surface area contributed by atoms with E-state index in [0.717, 1.165) is 0 Å². The number of amides is 1. The molecule has 0 radical (unpaired) electrons. The zero-order valence-electron chi connectivity index (χ0n) is 17.3. The lowest BCUT2D eigenvalue weighted by molar-refractivity contribution is -0.139. The number of benzene rings is 2. The number of carboxylic acid groups (broad SMARTS) is 1. The number of aliphatic carboxylic acids is 1. The number of fused-ring (bicyclic) bond motifs is 2. The van der Waals surface area contributed by atoms with Gasteiger partial charge in [-0.2, -0.15) is 0 Å². The average Bonchev–Trinajstić information content (AvgIpc) is 3.12. The second kappa shape index (κ2) is 7.47. The number of carboxylic acids is 1. The van der Waals surface area contributed by atoms with Crippen LogP contribution in [0.3, 0.4) is 0 Å². The van der Waals surface area contributed by atoms with Crippen LogP contribution in [-0.2, 0) is 15.0 Å². The van der Waals surface area contributed by atoms with Crippen LogP contribution in [0.2, 0.25) is 10.0 Å². The zero-order valence-corrected chi connectivity index (χ0v) is 18.8. The SMILES string of the molecule is CC(C)(C)C[C@H]1N[C@H](C(=O)O)[C@H](c2cccc(Cl)c2F)C12C(=O)Nc1cc(Cl)ccc12. The Kier molecular flexibility index (Phi) is 5.31. The fourth-order valence-electron chi connectivity index (χ4n) is 5.14. The van der Waals surface area contributed by atoms with E-state index in [2.05, 4.69) is 10.6 Å². The summed E-state index contributed by atoms with van der Waals surface area (Å²) in [7, 11) is 0. The van der Waals surface area contributed by atoms with Crippen molar-refractivity contribution in [2.75, 3.05) is 5.32 Å². The second-order valence-electron chi connectivity index (χ2n) is 9.43. The van der Waals surface area contributed by atoms with Crippen molar-refractivity contribution < 1.29 is 19.1 Å². The first-order valence-corrected chi connectivity index (χ1v) is 10.8. The van der Waals surface area contributed by atoms with Gasteiger partial charge in [-0.05, 0) is 41.2 Å². The number of anilines is 1. The van der Waals surface area contributed by atoms with E-state index in [1.54, 1.807) is 24.3 Å². The van der Waals surface area contributed by atoms with Crippen molar-refractivity contribution in [1.29, 1.82) is 0 Å². The number of hydrogen-bond acceptors (Lipinski definition) is 3. The zero-order chi connectivity index (χ0) is 22.7. The van der Waals surface area contributed by atoms with Crippen molar-refractivity contribution in [3.63, 3.8) is 0 Å². The van der Waals surface area contributed by atoms with Crippen LogP contribution in [0.25, 0.3) is 0 Å². The second-order valence-corrected chi connectivity index (χ2v) is 10.3. The Hall–Kier alpha value is -2.15. The molecule has 0 aromatic heterocycles. The van der Waals surface area contributed by atoms with Crippen LogP contribution in [0.15, 0.2) is 36.4 Å². The molecule has 5 nitrogen and oxygen atoms in total. The lowest BCUT2D eigenvalue weighted by Crippen LogP contribution is -2.49. The van der Waals surface area contributed by atoms with Gasteiger partial charge in [-0.25, -0.2) is 4.39 Å². The van der Waals surface area contributed by atoms with Gasteiger partial charge in [0.1, 0.15) is 17.3 Å². The number of nitrogens with one attached hydrogen (secondary N) is 2. The van der Waals surface area contributed by atoms with E-state index in [9.17, 15) is 14.7 Å². The summed E-state index contributed by atoms with van der Waals surface area (Å²) in [6, 6.07) is 7.76. The minimum absolute atomic E-state index is 0.0989. The van der Waals surface area contributed by atoms with E-state index in [0.29, 0.717) is 22.7 Å². The van der Waals surface area contributed by atoms with Gasteiger partial charge in [0, 0.05) is 22.7 Å². The van der Waals surface area contributed by atoms with E-state index in [1.165, 1.54) is 12.1 Å². The minimum atomic E-state index is -1.35. The molecule has 2 aromatic rings. The summed E-state index contributed by atoms with van der Waals surface area (Å²) in [4.78, 5) is 26.0. The summed E-state index contributed by atoms with van der Waals surface area (Å²) in [6.07, 6.45) is 0.491. The Balaban J connectivity index is 2.04. The number of carbonyl (C=O) groups excluding carboxylic acids is 1. The average molecular weight is 465 g/mol. The number of carbonyl (C=O) groups is 2. The van der Waals surface area contributed by atoms with Gasteiger partial charge < -0.3 is 10.4 Å². The maximum absolute atomic E-state index is 15.3. The van der Waals surface area contributed by atoms with Crippen molar-refractivity contribution >= 4 is 40.8 Å². The summed E-state index contributed by atoms with van der Waals surface area (Å²) in [5, 5.41) is 16.4. The highest BCUT2D eigenvalue weighted by atomic mass is 35.5. The molecule has 8 heteroatoms. The Morgan fingerprint density at radius 2 is 1.94 bits per heavy atom. The van der Waals surface area contributed by atoms with Gasteiger partial charge in [0.2, 0.25) is 5.91 Å². The molecule has 4 atom stereocenters. The van der Waals surface area contributed by atoms with Gasteiger partial charge in [0.15, 0.2) is 0 Å². The van der Waals surface area contributed by atoms with Crippen LogP contribution in [0.5, 0.6) is 0 Å². The normalized spacial score (nSPS) is 27.4. The number of hydrogen-bond donors (Lipinski definition) is 3. The predicted octanol–water partition coefficient (Wildman–Crippen LogP) is 4.97. The van der Waals surface area contributed by atoms with E-state index in [-0.39, 0.29) is 21.9 Å². The van der Waals surface area contributed by atoms with Crippen molar-refractivity contribution in [3.8, 4) is 0 Å². The molecule has 1 unspecified atom stereocenters. The highest BCUT2D eigenvalue weighted by Crippen LogP contribution is 2.57. The van der Waals surface area contributed by atoms with Gasteiger partial charge in [-0.1, -0.05) is 62.2 Å². The third-order valence-electron chi connectivity index (χ3n) is 6.20. The Bertz CT molecular complexity index is 1080. The molecule has 0 bridgehead atoms. The van der Waals surface area contributed by atoms with Crippen molar-refractivity contribution in [2.24, 2.45) is 5.41 Å². The molecule has 31 heavy (non-hydrogen) atoms. The summed E-state index contributed by atoms with van der Waals surface area (Å²) >= 11 is 12.2. The molecule has 3 N–H and O–H groups in total. The highest BCUT2D eigenvalue weighted by Gasteiger charge is 2.66. The largest absolute Gasteiger partial charge is 0.480 e. The fraction of sp³-hybridized carbons (Fsp3) is 0.391. The van der Waals surface area contributed by atoms with Crippen LogP contribution >= 0.6 is 23.2 Å². The third kappa shape index (κ3) is 3.41. The first-order valence-electron chi connectivity index (χ1n) is 10.0. The molecule has 1 amide bonds. The third-order valence-corrected chi connectivity index (χ3v) is 6.73. The smallest absolute Gasteiger partial charge is 0.321 e. The summed E-state index contributed by atoms with van der Waals surface area (Å²) in [5.74, 6) is -3.26. The van der Waals surface area contributed by atoms with E-state index in [4.69, 9.17) is 23.2 Å². The van der Waals surface area contributed by atoms with Gasteiger partial charge in [0.05, 0.1) is 5.02 Å². The van der Waals surface area contributed by atoms with E-state index in [1.807, 2.05) is 20.8 Å². The molecule has 2 aliphatic rings. The van der Waals surface area contributed by atoms with Crippen LogP contribution in [0.1, 0.15) is 44.2 Å². The summed E-state index contributed by atoms with van der Waals surface area (Å²) in [5.41, 5.74) is -0.359. The van der Waals surface area contributed by atoms with Crippen molar-refractivity contribution in [3.05, 3.63) is 63.4 Å². The maximum atomic E-state index is 15.3. The molecule has 1 fully saturated rings. The molecular weight excluding hydrogens is 442 g/mol. The molecule has 0 saturated carbocycles. The molecule has 2 aliphatic heterocycles. The molecular formula is C23H23Cl2FN2O3. The number of halogens is 3. The van der Waals surface area contributed by atoms with Crippen molar-refractivity contribution in [1.82, 2.24) is 5.32 Å². The lowest BCUT2D eigenvalue weighted by atomic mass is 9.62. The molecule has 2 heterocycles. The minimum Gasteiger partial charge on any atom is -0.480 e. The number of rotatable bonds is 3. The predicted molar refractivity (Wildman–Crippen MR) is 118 cm³/mol. The topological polar surface area (TPSA) is 78.4 Å². The maximum Gasteiger partial charge on any atom is 0.321 e. The van der Waals surface area contributed by atoms with Gasteiger partial charge in [0.25, 0.3) is 0 Å². The van der Waals surface area contributed by atoms with Gasteiger partial charge in [-0.3, -0.25) is 14.9 Å². The van der Waals surface area contributed by atoms with Crippen molar-refractivity contribution in [2.45, 2.75) is 50.6 Å².